The topological polar surface area (TPSA) is 161 Å². The SMILES string of the molecule is Cc1ccc(S(=O)(=O)Oc2ccc(C(=O)CN(C(=O)c3ccc([N+](=O)[O-])cc3)N3C(=O)[C@@H]4C5c6ccccc6C(c6ccccc65)[C@H]4C3=O)cc2)cc1. The summed E-state index contributed by atoms with van der Waals surface area (Å²) in [7, 11) is -4.17. The van der Waals surface area contributed by atoms with Crippen LogP contribution in [-0.4, -0.2) is 53.4 Å². The number of nitrogens with zero attached hydrogens (tertiary/aromatic N) is 3. The van der Waals surface area contributed by atoms with Crippen LogP contribution in [0.4, 0.5) is 5.69 Å². The molecule has 13 heteroatoms. The van der Waals surface area contributed by atoms with Crippen LogP contribution in [0, 0.1) is 28.9 Å². The van der Waals surface area contributed by atoms with Gasteiger partial charge in [-0.05, 0) is 77.7 Å². The first kappa shape index (κ1) is 33.7. The second-order valence-electron chi connectivity index (χ2n) is 13.2. The highest BCUT2D eigenvalue weighted by molar-refractivity contribution is 7.87. The molecule has 12 nitrogen and oxygen atoms in total. The second kappa shape index (κ2) is 12.6. The van der Waals surface area contributed by atoms with Crippen molar-refractivity contribution in [3.8, 4) is 5.75 Å². The minimum absolute atomic E-state index is 0.0444. The van der Waals surface area contributed by atoms with Gasteiger partial charge in [-0.2, -0.15) is 13.4 Å². The van der Waals surface area contributed by atoms with Crippen LogP contribution in [-0.2, 0) is 19.7 Å². The molecule has 1 heterocycles. The molecule has 264 valence electrons. The summed E-state index contributed by atoms with van der Waals surface area (Å²) in [5.74, 6) is -5.50. The van der Waals surface area contributed by atoms with Gasteiger partial charge in [0.15, 0.2) is 5.78 Å². The number of non-ortho nitro benzene ring substituents is 1. The number of hydrazine groups is 1. The Morgan fingerprint density at radius 1 is 0.717 bits per heavy atom. The van der Waals surface area contributed by atoms with Crippen molar-refractivity contribution in [2.45, 2.75) is 23.7 Å². The number of Topliss-reactive ketones (excluding diaryl/α,β-unsaturated/α-hetero) is 1. The Hall–Kier alpha value is -6.47. The number of amides is 3. The molecule has 1 fully saturated rings. The molecular weight excluding hydrogens is 699 g/mol. The summed E-state index contributed by atoms with van der Waals surface area (Å²) >= 11 is 0. The molecule has 0 spiro atoms. The molecule has 3 amide bonds. The quantitative estimate of drug-likeness (QED) is 0.0601. The smallest absolute Gasteiger partial charge is 0.339 e. The van der Waals surface area contributed by atoms with E-state index in [0.29, 0.717) is 0 Å². The first-order chi connectivity index (χ1) is 25.4. The lowest BCUT2D eigenvalue weighted by molar-refractivity contribution is -0.384. The van der Waals surface area contributed by atoms with Crippen LogP contribution in [0.3, 0.4) is 0 Å². The molecule has 0 aromatic heterocycles. The minimum atomic E-state index is -4.17. The number of nitro groups is 1. The number of imide groups is 1. The molecule has 1 aliphatic heterocycles. The molecule has 3 aliphatic carbocycles. The molecule has 0 saturated carbocycles. The maximum absolute atomic E-state index is 14.5. The van der Waals surface area contributed by atoms with Crippen molar-refractivity contribution < 1.29 is 36.7 Å². The van der Waals surface area contributed by atoms with Gasteiger partial charge in [0.1, 0.15) is 17.2 Å². The van der Waals surface area contributed by atoms with E-state index in [1.807, 2.05) is 55.5 Å². The van der Waals surface area contributed by atoms with Gasteiger partial charge in [-0.25, -0.2) is 5.01 Å². The molecule has 5 aromatic carbocycles. The standard InChI is InChI=1S/C40H29N3O9S/c1-23-10-20-28(21-11-23)53(50,51)52-27-18-14-24(15-19-27)33(44)22-41(38(45)25-12-16-26(17-13-25)43(48)49)42-39(46)36-34-29-6-2-3-7-30(29)35(37(36)40(42)47)32-9-5-4-8-31(32)34/h2-21,34-37H,22H2,1H3/t34?,35?,36-,37-/m1/s1. The van der Waals surface area contributed by atoms with Gasteiger partial charge in [0, 0.05) is 35.1 Å². The van der Waals surface area contributed by atoms with E-state index in [1.165, 1.54) is 48.5 Å². The zero-order chi connectivity index (χ0) is 37.2. The number of benzene rings is 5. The Morgan fingerprint density at radius 2 is 1.19 bits per heavy atom. The Morgan fingerprint density at radius 3 is 1.66 bits per heavy atom. The number of hydrogen-bond acceptors (Lipinski definition) is 9. The monoisotopic (exact) mass is 727 g/mol. The number of hydrogen-bond donors (Lipinski definition) is 0. The van der Waals surface area contributed by atoms with Crippen LogP contribution >= 0.6 is 0 Å². The summed E-state index contributed by atoms with van der Waals surface area (Å²) in [6, 6.07) is 31.3. The lowest BCUT2D eigenvalue weighted by Crippen LogP contribution is -2.52. The first-order valence-electron chi connectivity index (χ1n) is 16.7. The van der Waals surface area contributed by atoms with E-state index < -0.39 is 68.8 Å². The zero-order valence-electron chi connectivity index (χ0n) is 28.0. The Labute approximate surface area is 303 Å². The lowest BCUT2D eigenvalue weighted by Gasteiger charge is -2.45. The second-order valence-corrected chi connectivity index (χ2v) is 14.8. The Balaban J connectivity index is 1.13. The van der Waals surface area contributed by atoms with Crippen molar-refractivity contribution in [3.63, 3.8) is 0 Å². The van der Waals surface area contributed by atoms with Crippen LogP contribution < -0.4 is 4.18 Å². The van der Waals surface area contributed by atoms with Gasteiger partial charge < -0.3 is 4.18 Å². The van der Waals surface area contributed by atoms with Crippen LogP contribution in [0.15, 0.2) is 126 Å². The van der Waals surface area contributed by atoms with Crippen molar-refractivity contribution in [2.75, 3.05) is 6.54 Å². The third-order valence-corrected chi connectivity index (χ3v) is 11.5. The molecule has 2 atom stereocenters. The van der Waals surface area contributed by atoms with Crippen molar-refractivity contribution in [1.29, 1.82) is 0 Å². The van der Waals surface area contributed by atoms with E-state index in [-0.39, 0.29) is 27.5 Å². The van der Waals surface area contributed by atoms with Gasteiger partial charge >= 0.3 is 10.1 Å². The van der Waals surface area contributed by atoms with E-state index in [4.69, 9.17) is 4.18 Å². The largest absolute Gasteiger partial charge is 0.379 e. The van der Waals surface area contributed by atoms with E-state index >= 15 is 0 Å². The summed E-state index contributed by atoms with van der Waals surface area (Å²) in [5, 5.41) is 12.9. The molecular formula is C40H29N3O9S. The van der Waals surface area contributed by atoms with Gasteiger partial charge in [0.2, 0.25) is 0 Å². The van der Waals surface area contributed by atoms with Crippen molar-refractivity contribution >= 4 is 39.3 Å². The molecule has 53 heavy (non-hydrogen) atoms. The number of nitro benzene ring substituents is 1. The van der Waals surface area contributed by atoms with Gasteiger partial charge in [0.25, 0.3) is 23.4 Å². The summed E-state index contributed by atoms with van der Waals surface area (Å²) < 4.78 is 30.9. The fraction of sp³-hybridized carbons (Fsp3) is 0.150. The van der Waals surface area contributed by atoms with Gasteiger partial charge in [-0.3, -0.25) is 29.3 Å². The van der Waals surface area contributed by atoms with E-state index in [2.05, 4.69) is 0 Å². The number of carbonyl (C=O) groups is 4. The van der Waals surface area contributed by atoms with Crippen LogP contribution in [0.2, 0.25) is 0 Å². The minimum Gasteiger partial charge on any atom is -0.379 e. The Kier molecular flexibility index (Phi) is 8.02. The van der Waals surface area contributed by atoms with E-state index in [1.54, 1.807) is 12.1 Å². The maximum Gasteiger partial charge on any atom is 0.339 e. The summed E-state index contributed by atoms with van der Waals surface area (Å²) in [6.45, 7) is 1.07. The maximum atomic E-state index is 14.5. The highest BCUT2D eigenvalue weighted by Gasteiger charge is 2.63. The number of carbonyl (C=O) groups excluding carboxylic acids is 4. The average molecular weight is 728 g/mol. The third kappa shape index (κ3) is 5.56. The summed E-state index contributed by atoms with van der Waals surface area (Å²) in [6.07, 6.45) is 0. The van der Waals surface area contributed by atoms with Crippen LogP contribution in [0.5, 0.6) is 5.75 Å². The van der Waals surface area contributed by atoms with Crippen LogP contribution in [0.25, 0.3) is 0 Å². The molecule has 0 N–H and O–H groups in total. The normalized spacial score (nSPS) is 19.6. The van der Waals surface area contributed by atoms with E-state index in [9.17, 15) is 37.7 Å². The Bertz CT molecular complexity index is 2350. The molecule has 5 aromatic rings. The summed E-state index contributed by atoms with van der Waals surface area (Å²) in [4.78, 5) is 67.8. The molecule has 1 saturated heterocycles. The van der Waals surface area contributed by atoms with Crippen LogP contribution in [0.1, 0.15) is 60.4 Å². The number of ketones is 1. The van der Waals surface area contributed by atoms with E-state index in [0.717, 1.165) is 50.0 Å². The molecule has 9 rings (SSSR count). The highest BCUT2D eigenvalue weighted by atomic mass is 32.2. The van der Waals surface area contributed by atoms with Crippen molar-refractivity contribution in [3.05, 3.63) is 170 Å². The predicted molar refractivity (Wildman–Crippen MR) is 189 cm³/mol. The fourth-order valence-electron chi connectivity index (χ4n) is 7.81. The van der Waals surface area contributed by atoms with Gasteiger partial charge in [-0.1, -0.05) is 66.2 Å². The molecule has 4 aliphatic rings. The summed E-state index contributed by atoms with van der Waals surface area (Å²) in [5.41, 5.74) is 4.26. The number of aryl methyl sites for hydroxylation is 1. The van der Waals surface area contributed by atoms with Gasteiger partial charge in [-0.15, -0.1) is 0 Å². The lowest BCUT2D eigenvalue weighted by atomic mass is 9.55. The first-order valence-corrected chi connectivity index (χ1v) is 18.1. The van der Waals surface area contributed by atoms with Crippen molar-refractivity contribution in [1.82, 2.24) is 10.0 Å². The molecule has 2 bridgehead atoms. The third-order valence-electron chi connectivity index (χ3n) is 10.2. The number of rotatable bonds is 9. The highest BCUT2D eigenvalue weighted by Crippen LogP contribution is 2.61. The fourth-order valence-corrected chi connectivity index (χ4v) is 8.74. The zero-order valence-corrected chi connectivity index (χ0v) is 28.8. The molecule has 0 radical (unpaired) electrons. The van der Waals surface area contributed by atoms with Crippen molar-refractivity contribution in [2.24, 2.45) is 11.8 Å². The predicted octanol–water partition coefficient (Wildman–Crippen LogP) is 5.80. The average Bonchev–Trinajstić information content (AvgIpc) is 3.43. The van der Waals surface area contributed by atoms with Gasteiger partial charge in [0.05, 0.1) is 16.8 Å². The molecule has 0 unspecified atom stereocenters.